The van der Waals surface area contributed by atoms with Crippen LogP contribution in [0.15, 0.2) is 28.8 Å². The van der Waals surface area contributed by atoms with Gasteiger partial charge in [-0.2, -0.15) is 4.98 Å². The Morgan fingerprint density at radius 3 is 3.21 bits per heavy atom. The van der Waals surface area contributed by atoms with Crippen molar-refractivity contribution >= 4 is 0 Å². The highest BCUT2D eigenvalue weighted by Gasteiger charge is 2.18. The minimum absolute atomic E-state index is 0.471. The van der Waals surface area contributed by atoms with Crippen LogP contribution in [-0.4, -0.2) is 29.8 Å². The summed E-state index contributed by atoms with van der Waals surface area (Å²) in [5, 5.41) is 7.46. The van der Waals surface area contributed by atoms with Crippen molar-refractivity contribution in [1.82, 2.24) is 15.5 Å². The van der Waals surface area contributed by atoms with Crippen LogP contribution in [0.3, 0.4) is 0 Å². The van der Waals surface area contributed by atoms with Crippen molar-refractivity contribution in [3.05, 3.63) is 30.2 Å². The first-order chi connectivity index (χ1) is 9.35. The zero-order chi connectivity index (χ0) is 13.1. The molecule has 0 saturated carbocycles. The molecule has 1 N–H and O–H groups in total. The largest absolute Gasteiger partial charge is 0.497 e. The normalized spacial score (nSPS) is 18.7. The fourth-order valence-electron chi connectivity index (χ4n) is 2.36. The highest BCUT2D eigenvalue weighted by Crippen LogP contribution is 2.21. The lowest BCUT2D eigenvalue weighted by molar-refractivity contribution is 0.364. The molecule has 0 radical (unpaired) electrons. The summed E-state index contributed by atoms with van der Waals surface area (Å²) < 4.78 is 10.5. The van der Waals surface area contributed by atoms with Gasteiger partial charge in [0.25, 0.3) is 0 Å². The first-order valence-electron chi connectivity index (χ1n) is 6.55. The zero-order valence-electron chi connectivity index (χ0n) is 10.9. The number of hydrogen-bond acceptors (Lipinski definition) is 5. The van der Waals surface area contributed by atoms with Crippen LogP contribution >= 0.6 is 0 Å². The Morgan fingerprint density at radius 1 is 1.47 bits per heavy atom. The van der Waals surface area contributed by atoms with Crippen molar-refractivity contribution < 1.29 is 9.26 Å². The molecule has 1 saturated heterocycles. The van der Waals surface area contributed by atoms with Crippen molar-refractivity contribution in [1.29, 1.82) is 0 Å². The van der Waals surface area contributed by atoms with E-state index in [0.29, 0.717) is 17.8 Å². The molecule has 0 spiro atoms. The molecule has 1 aliphatic heterocycles. The van der Waals surface area contributed by atoms with Crippen molar-refractivity contribution in [2.75, 3.05) is 13.7 Å². The molecule has 1 aromatic carbocycles. The van der Waals surface area contributed by atoms with Gasteiger partial charge in [0.2, 0.25) is 11.7 Å². The predicted octanol–water partition coefficient (Wildman–Crippen LogP) is 2.04. The summed E-state index contributed by atoms with van der Waals surface area (Å²) in [5.41, 5.74) is 0.911. The van der Waals surface area contributed by atoms with E-state index in [4.69, 9.17) is 9.26 Å². The lowest BCUT2D eigenvalue weighted by Crippen LogP contribution is -2.23. The number of ether oxygens (including phenoxy) is 1. The number of nitrogens with zero attached hydrogens (tertiary/aromatic N) is 2. The quantitative estimate of drug-likeness (QED) is 0.910. The van der Waals surface area contributed by atoms with Crippen molar-refractivity contribution in [3.63, 3.8) is 0 Å². The van der Waals surface area contributed by atoms with Gasteiger partial charge in [0, 0.05) is 18.0 Å². The lowest BCUT2D eigenvalue weighted by Gasteiger charge is -2.04. The van der Waals surface area contributed by atoms with E-state index in [0.717, 1.165) is 24.3 Å². The van der Waals surface area contributed by atoms with Gasteiger partial charge in [-0.15, -0.1) is 0 Å². The third-order valence-electron chi connectivity index (χ3n) is 3.38. The van der Waals surface area contributed by atoms with Gasteiger partial charge in [-0.1, -0.05) is 17.3 Å². The van der Waals surface area contributed by atoms with E-state index >= 15 is 0 Å². The van der Waals surface area contributed by atoms with E-state index in [1.807, 2.05) is 24.3 Å². The average molecular weight is 259 g/mol. The van der Waals surface area contributed by atoms with Gasteiger partial charge < -0.3 is 14.6 Å². The second-order valence-corrected chi connectivity index (χ2v) is 4.74. The maximum Gasteiger partial charge on any atom is 0.228 e. The SMILES string of the molecule is COc1cccc(-c2noc(CC3CCCN3)n2)c1. The van der Waals surface area contributed by atoms with Crippen LogP contribution in [0.2, 0.25) is 0 Å². The summed E-state index contributed by atoms with van der Waals surface area (Å²) in [6, 6.07) is 8.14. The summed E-state index contributed by atoms with van der Waals surface area (Å²) in [7, 11) is 1.65. The second kappa shape index (κ2) is 5.40. The summed E-state index contributed by atoms with van der Waals surface area (Å²) in [4.78, 5) is 4.45. The third-order valence-corrected chi connectivity index (χ3v) is 3.38. The summed E-state index contributed by atoms with van der Waals surface area (Å²) in [6.07, 6.45) is 3.20. The van der Waals surface area contributed by atoms with E-state index in [9.17, 15) is 0 Å². The maximum absolute atomic E-state index is 5.31. The molecular formula is C14H17N3O2. The molecule has 1 atom stereocenters. The first-order valence-corrected chi connectivity index (χ1v) is 6.55. The fourth-order valence-corrected chi connectivity index (χ4v) is 2.36. The van der Waals surface area contributed by atoms with Crippen molar-refractivity contribution in [3.8, 4) is 17.1 Å². The van der Waals surface area contributed by atoms with Crippen molar-refractivity contribution in [2.24, 2.45) is 0 Å². The van der Waals surface area contributed by atoms with Crippen LogP contribution in [0.25, 0.3) is 11.4 Å². The number of methoxy groups -OCH3 is 1. The molecule has 2 heterocycles. The Labute approximate surface area is 112 Å². The van der Waals surface area contributed by atoms with Crippen LogP contribution in [0.5, 0.6) is 5.75 Å². The molecule has 1 unspecified atom stereocenters. The molecular weight excluding hydrogens is 242 g/mol. The number of nitrogens with one attached hydrogen (secondary N) is 1. The van der Waals surface area contributed by atoms with Gasteiger partial charge in [-0.05, 0) is 31.5 Å². The molecule has 1 fully saturated rings. The van der Waals surface area contributed by atoms with Gasteiger partial charge in [-0.3, -0.25) is 0 Å². The predicted molar refractivity (Wildman–Crippen MR) is 71.0 cm³/mol. The first kappa shape index (κ1) is 12.2. The smallest absolute Gasteiger partial charge is 0.228 e. The highest BCUT2D eigenvalue weighted by molar-refractivity contribution is 5.56. The zero-order valence-corrected chi connectivity index (χ0v) is 10.9. The van der Waals surface area contributed by atoms with Crippen LogP contribution < -0.4 is 10.1 Å². The number of benzene rings is 1. The Hall–Kier alpha value is -1.88. The Balaban J connectivity index is 1.76. The van der Waals surface area contributed by atoms with E-state index in [1.165, 1.54) is 12.8 Å². The lowest BCUT2D eigenvalue weighted by atomic mass is 10.1. The molecule has 5 heteroatoms. The molecule has 19 heavy (non-hydrogen) atoms. The average Bonchev–Trinajstić information content (AvgIpc) is 3.11. The fraction of sp³-hybridized carbons (Fsp3) is 0.429. The molecule has 5 nitrogen and oxygen atoms in total. The van der Waals surface area contributed by atoms with E-state index in [1.54, 1.807) is 7.11 Å². The van der Waals surface area contributed by atoms with E-state index in [2.05, 4.69) is 15.5 Å². The molecule has 0 amide bonds. The standard InChI is InChI=1S/C14H17N3O2/c1-18-12-6-2-4-10(8-12)14-16-13(19-17-14)9-11-5-3-7-15-11/h2,4,6,8,11,15H,3,5,7,9H2,1H3. The number of rotatable bonds is 4. The Bertz CT molecular complexity index is 547. The molecule has 0 aliphatic carbocycles. The minimum Gasteiger partial charge on any atom is -0.497 e. The highest BCUT2D eigenvalue weighted by atomic mass is 16.5. The monoisotopic (exact) mass is 259 g/mol. The molecule has 100 valence electrons. The van der Waals surface area contributed by atoms with Gasteiger partial charge in [0.1, 0.15) is 5.75 Å². The van der Waals surface area contributed by atoms with Crippen LogP contribution in [0, 0.1) is 0 Å². The van der Waals surface area contributed by atoms with Crippen LogP contribution in [0.4, 0.5) is 0 Å². The number of hydrogen-bond donors (Lipinski definition) is 1. The van der Waals surface area contributed by atoms with Gasteiger partial charge in [0.15, 0.2) is 0 Å². The maximum atomic E-state index is 5.31. The Kier molecular flexibility index (Phi) is 3.46. The van der Waals surface area contributed by atoms with Gasteiger partial charge in [0.05, 0.1) is 7.11 Å². The van der Waals surface area contributed by atoms with Gasteiger partial charge in [-0.25, -0.2) is 0 Å². The summed E-state index contributed by atoms with van der Waals surface area (Å²) >= 11 is 0. The minimum atomic E-state index is 0.471. The topological polar surface area (TPSA) is 60.2 Å². The molecule has 1 aliphatic rings. The molecule has 3 rings (SSSR count). The van der Waals surface area contributed by atoms with Crippen molar-refractivity contribution in [2.45, 2.75) is 25.3 Å². The van der Waals surface area contributed by atoms with E-state index < -0.39 is 0 Å². The van der Waals surface area contributed by atoms with Gasteiger partial charge >= 0.3 is 0 Å². The second-order valence-electron chi connectivity index (χ2n) is 4.74. The summed E-state index contributed by atoms with van der Waals surface area (Å²) in [6.45, 7) is 1.08. The molecule has 0 bridgehead atoms. The van der Waals surface area contributed by atoms with E-state index in [-0.39, 0.29) is 0 Å². The number of aromatic nitrogens is 2. The van der Waals surface area contributed by atoms with Crippen LogP contribution in [-0.2, 0) is 6.42 Å². The molecule has 2 aromatic rings. The molecule has 1 aromatic heterocycles. The Morgan fingerprint density at radius 2 is 2.42 bits per heavy atom. The third kappa shape index (κ3) is 2.76. The summed E-state index contributed by atoms with van der Waals surface area (Å²) in [5.74, 6) is 2.10. The van der Waals surface area contributed by atoms with Crippen LogP contribution in [0.1, 0.15) is 18.7 Å².